The van der Waals surface area contributed by atoms with Gasteiger partial charge in [0.15, 0.2) is 0 Å². The zero-order valence-corrected chi connectivity index (χ0v) is 17.8. The summed E-state index contributed by atoms with van der Waals surface area (Å²) in [4.78, 5) is 15.2. The Morgan fingerprint density at radius 3 is 2.58 bits per heavy atom. The highest BCUT2D eigenvalue weighted by molar-refractivity contribution is 6.04. The van der Waals surface area contributed by atoms with Crippen LogP contribution in [-0.4, -0.2) is 37.1 Å². The molecule has 0 bridgehead atoms. The topological polar surface area (TPSA) is 50.8 Å². The number of carbonyl (C=O) groups is 1. The highest BCUT2D eigenvalue weighted by atomic mass is 16.5. The second-order valence-electron chi connectivity index (χ2n) is 7.85. The van der Waals surface area contributed by atoms with Crippen molar-refractivity contribution in [2.75, 3.05) is 31.6 Å². The van der Waals surface area contributed by atoms with E-state index in [2.05, 4.69) is 35.3 Å². The zero-order valence-electron chi connectivity index (χ0n) is 17.8. The van der Waals surface area contributed by atoms with Gasteiger partial charge in [-0.05, 0) is 48.4 Å². The molecule has 160 valence electrons. The first kappa shape index (κ1) is 21.1. The minimum Gasteiger partial charge on any atom is -0.489 e. The third-order valence-corrected chi connectivity index (χ3v) is 5.28. The maximum Gasteiger partial charge on any atom is 0.255 e. The van der Waals surface area contributed by atoms with Crippen LogP contribution in [0.15, 0.2) is 72.8 Å². The Balaban J connectivity index is 1.37. The van der Waals surface area contributed by atoms with Crippen molar-refractivity contribution in [1.82, 2.24) is 4.90 Å². The summed E-state index contributed by atoms with van der Waals surface area (Å²) in [5, 5.41) is 3.01. The van der Waals surface area contributed by atoms with Crippen molar-refractivity contribution in [2.45, 2.75) is 20.1 Å². The molecule has 3 aromatic carbocycles. The number of hydrogen-bond acceptors (Lipinski definition) is 4. The standard InChI is InChI=1S/C26H28N2O3/c1-20-5-2-7-22(15-20)19-31-25-10-4-8-23(17-25)26(29)27-24-9-3-6-21(16-24)18-28-11-13-30-14-12-28/h2-10,15-17H,11-14,18-19H2,1H3,(H,27,29). The molecule has 0 aliphatic carbocycles. The number of nitrogens with one attached hydrogen (secondary N) is 1. The van der Waals surface area contributed by atoms with Crippen LogP contribution < -0.4 is 10.1 Å². The number of ether oxygens (including phenoxy) is 2. The molecule has 1 aliphatic heterocycles. The van der Waals surface area contributed by atoms with Crippen LogP contribution in [0.5, 0.6) is 5.75 Å². The molecule has 5 nitrogen and oxygen atoms in total. The van der Waals surface area contributed by atoms with Crippen LogP contribution in [0.2, 0.25) is 0 Å². The Morgan fingerprint density at radius 2 is 1.74 bits per heavy atom. The molecule has 0 unspecified atom stereocenters. The van der Waals surface area contributed by atoms with Crippen molar-refractivity contribution < 1.29 is 14.3 Å². The lowest BCUT2D eigenvalue weighted by atomic mass is 10.1. The molecule has 5 heteroatoms. The molecule has 0 radical (unpaired) electrons. The number of carbonyl (C=O) groups excluding carboxylic acids is 1. The van der Waals surface area contributed by atoms with E-state index in [9.17, 15) is 4.79 Å². The summed E-state index contributed by atoms with van der Waals surface area (Å²) >= 11 is 0. The molecule has 1 fully saturated rings. The monoisotopic (exact) mass is 416 g/mol. The van der Waals surface area contributed by atoms with Gasteiger partial charge in [0.2, 0.25) is 0 Å². The van der Waals surface area contributed by atoms with Gasteiger partial charge in [0, 0.05) is 30.9 Å². The Bertz CT molecular complexity index is 1030. The maximum atomic E-state index is 12.8. The molecule has 31 heavy (non-hydrogen) atoms. The Hall–Kier alpha value is -3.15. The lowest BCUT2D eigenvalue weighted by Crippen LogP contribution is -2.35. The predicted molar refractivity (Wildman–Crippen MR) is 122 cm³/mol. The smallest absolute Gasteiger partial charge is 0.255 e. The summed E-state index contributed by atoms with van der Waals surface area (Å²) in [6.45, 7) is 6.81. The zero-order chi connectivity index (χ0) is 21.5. The Kier molecular flexibility index (Phi) is 6.97. The number of rotatable bonds is 7. The molecule has 1 amide bonds. The average Bonchev–Trinajstić information content (AvgIpc) is 2.79. The number of morpholine rings is 1. The van der Waals surface area contributed by atoms with E-state index in [0.717, 1.165) is 44.1 Å². The first-order chi connectivity index (χ1) is 15.2. The van der Waals surface area contributed by atoms with Gasteiger partial charge >= 0.3 is 0 Å². The van der Waals surface area contributed by atoms with E-state index in [0.29, 0.717) is 17.9 Å². The SMILES string of the molecule is Cc1cccc(COc2cccc(C(=O)Nc3cccc(CN4CCOCC4)c3)c2)c1. The van der Waals surface area contributed by atoms with Crippen LogP contribution in [0.3, 0.4) is 0 Å². The van der Waals surface area contributed by atoms with E-state index < -0.39 is 0 Å². The van der Waals surface area contributed by atoms with E-state index in [1.54, 1.807) is 12.1 Å². The van der Waals surface area contributed by atoms with Gasteiger partial charge in [0.05, 0.1) is 13.2 Å². The van der Waals surface area contributed by atoms with Crippen molar-refractivity contribution in [3.05, 3.63) is 95.1 Å². The van der Waals surface area contributed by atoms with Gasteiger partial charge in [-0.2, -0.15) is 0 Å². The number of hydrogen-bond donors (Lipinski definition) is 1. The molecule has 1 aliphatic rings. The van der Waals surface area contributed by atoms with Crippen LogP contribution in [-0.2, 0) is 17.9 Å². The molecule has 0 atom stereocenters. The van der Waals surface area contributed by atoms with Crippen molar-refractivity contribution >= 4 is 11.6 Å². The van der Waals surface area contributed by atoms with E-state index in [1.165, 1.54) is 11.1 Å². The van der Waals surface area contributed by atoms with E-state index in [4.69, 9.17) is 9.47 Å². The van der Waals surface area contributed by atoms with Gasteiger partial charge in [-0.3, -0.25) is 9.69 Å². The van der Waals surface area contributed by atoms with Gasteiger partial charge in [-0.15, -0.1) is 0 Å². The van der Waals surface area contributed by atoms with Crippen molar-refractivity contribution in [3.8, 4) is 5.75 Å². The normalized spacial score (nSPS) is 14.2. The Morgan fingerprint density at radius 1 is 0.968 bits per heavy atom. The number of aryl methyl sites for hydroxylation is 1. The first-order valence-electron chi connectivity index (χ1n) is 10.6. The fraction of sp³-hybridized carbons (Fsp3) is 0.269. The number of nitrogens with zero attached hydrogens (tertiary/aromatic N) is 1. The highest BCUT2D eigenvalue weighted by Crippen LogP contribution is 2.18. The lowest BCUT2D eigenvalue weighted by Gasteiger charge is -2.26. The molecular weight excluding hydrogens is 388 g/mol. The Labute approximate surface area is 183 Å². The number of anilines is 1. The molecular formula is C26H28N2O3. The maximum absolute atomic E-state index is 12.8. The molecule has 1 saturated heterocycles. The largest absolute Gasteiger partial charge is 0.489 e. The van der Waals surface area contributed by atoms with Crippen LogP contribution >= 0.6 is 0 Å². The minimum absolute atomic E-state index is 0.149. The summed E-state index contributed by atoms with van der Waals surface area (Å²) in [5.74, 6) is 0.528. The predicted octanol–water partition coefficient (Wildman–Crippen LogP) is 4.66. The van der Waals surface area contributed by atoms with E-state index in [1.807, 2.05) is 42.5 Å². The fourth-order valence-corrected chi connectivity index (χ4v) is 3.66. The van der Waals surface area contributed by atoms with Crippen LogP contribution in [0.1, 0.15) is 27.0 Å². The second kappa shape index (κ2) is 10.2. The lowest BCUT2D eigenvalue weighted by molar-refractivity contribution is 0.0342. The van der Waals surface area contributed by atoms with Gasteiger partial charge in [0.1, 0.15) is 12.4 Å². The summed E-state index contributed by atoms with van der Waals surface area (Å²) in [6, 6.07) is 23.5. The first-order valence-corrected chi connectivity index (χ1v) is 10.6. The van der Waals surface area contributed by atoms with Crippen LogP contribution in [0.4, 0.5) is 5.69 Å². The second-order valence-corrected chi connectivity index (χ2v) is 7.85. The minimum atomic E-state index is -0.149. The van der Waals surface area contributed by atoms with Crippen molar-refractivity contribution in [3.63, 3.8) is 0 Å². The average molecular weight is 417 g/mol. The van der Waals surface area contributed by atoms with E-state index >= 15 is 0 Å². The summed E-state index contributed by atoms with van der Waals surface area (Å²) in [5.41, 5.74) is 4.84. The van der Waals surface area contributed by atoms with Gasteiger partial charge < -0.3 is 14.8 Å². The van der Waals surface area contributed by atoms with Crippen molar-refractivity contribution in [2.24, 2.45) is 0 Å². The summed E-state index contributed by atoms with van der Waals surface area (Å²) < 4.78 is 11.3. The van der Waals surface area contributed by atoms with E-state index in [-0.39, 0.29) is 5.91 Å². The highest BCUT2D eigenvalue weighted by Gasteiger charge is 2.12. The summed E-state index contributed by atoms with van der Waals surface area (Å²) in [6.07, 6.45) is 0. The molecule has 1 N–H and O–H groups in total. The third kappa shape index (κ3) is 6.17. The molecule has 3 aromatic rings. The van der Waals surface area contributed by atoms with Gasteiger partial charge in [-0.1, -0.05) is 48.0 Å². The van der Waals surface area contributed by atoms with Crippen LogP contribution in [0, 0.1) is 6.92 Å². The molecule has 0 aromatic heterocycles. The molecule has 4 rings (SSSR count). The van der Waals surface area contributed by atoms with Crippen molar-refractivity contribution in [1.29, 1.82) is 0 Å². The molecule has 0 spiro atoms. The molecule has 1 heterocycles. The van der Waals surface area contributed by atoms with Crippen LogP contribution in [0.25, 0.3) is 0 Å². The third-order valence-electron chi connectivity index (χ3n) is 5.28. The quantitative estimate of drug-likeness (QED) is 0.609. The summed E-state index contributed by atoms with van der Waals surface area (Å²) in [7, 11) is 0. The molecule has 0 saturated carbocycles. The number of amides is 1. The van der Waals surface area contributed by atoms with Gasteiger partial charge in [-0.25, -0.2) is 0 Å². The number of benzene rings is 3. The fourth-order valence-electron chi connectivity index (χ4n) is 3.66. The van der Waals surface area contributed by atoms with Gasteiger partial charge in [0.25, 0.3) is 5.91 Å².